The highest BCUT2D eigenvalue weighted by Crippen LogP contribution is 2.28. The van der Waals surface area contributed by atoms with Gasteiger partial charge in [0, 0.05) is 13.1 Å². The zero-order chi connectivity index (χ0) is 11.5. The molecule has 1 saturated heterocycles. The summed E-state index contributed by atoms with van der Waals surface area (Å²) in [5.74, 6) is 0.621. The maximum Gasteiger partial charge on any atom is 0.142 e. The number of aliphatic hydroxyl groups excluding tert-OH is 1. The molecule has 0 saturated carbocycles. The van der Waals surface area contributed by atoms with E-state index in [1.54, 1.807) is 19.2 Å². The summed E-state index contributed by atoms with van der Waals surface area (Å²) in [6, 6.07) is 5.42. The van der Waals surface area contributed by atoms with Gasteiger partial charge in [-0.2, -0.15) is 0 Å². The van der Waals surface area contributed by atoms with Crippen molar-refractivity contribution in [1.82, 2.24) is 4.90 Å². The molecule has 0 aliphatic carbocycles. The molecule has 1 aliphatic heterocycles. The molecule has 0 spiro atoms. The summed E-state index contributed by atoms with van der Waals surface area (Å²) in [6.07, 6.45) is 1.77. The summed E-state index contributed by atoms with van der Waals surface area (Å²) in [5, 5.41) is 10.2. The molecule has 16 heavy (non-hydrogen) atoms. The third-order valence-corrected chi connectivity index (χ3v) is 3.04. The summed E-state index contributed by atoms with van der Waals surface area (Å²) in [6.45, 7) is 1.90. The van der Waals surface area contributed by atoms with Gasteiger partial charge in [-0.05, 0) is 30.5 Å². The van der Waals surface area contributed by atoms with Crippen molar-refractivity contribution in [2.75, 3.05) is 25.9 Å². The third-order valence-electron chi connectivity index (χ3n) is 3.04. The second kappa shape index (κ2) is 4.72. The van der Waals surface area contributed by atoms with Crippen LogP contribution >= 0.6 is 0 Å². The van der Waals surface area contributed by atoms with Crippen molar-refractivity contribution in [3.8, 4) is 5.75 Å². The number of hydrogen-bond donors (Lipinski definition) is 2. The monoisotopic (exact) mass is 222 g/mol. The van der Waals surface area contributed by atoms with Crippen molar-refractivity contribution < 1.29 is 9.84 Å². The predicted octanol–water partition coefficient (Wildman–Crippen LogP) is 1.36. The number of methoxy groups -OCH3 is 1. The summed E-state index contributed by atoms with van der Waals surface area (Å²) in [4.78, 5) is 2.06. The molecule has 3 N–H and O–H groups in total. The lowest BCUT2D eigenvalue weighted by atomic mass is 10.1. The first-order valence-corrected chi connectivity index (χ1v) is 5.58. The number of hydrogen-bond acceptors (Lipinski definition) is 4. The Morgan fingerprint density at radius 3 is 2.69 bits per heavy atom. The average Bonchev–Trinajstić information content (AvgIpc) is 2.82. The van der Waals surface area contributed by atoms with Crippen molar-refractivity contribution in [2.24, 2.45) is 0 Å². The zero-order valence-electron chi connectivity index (χ0n) is 9.52. The van der Waals surface area contributed by atoms with Crippen molar-refractivity contribution in [2.45, 2.75) is 19.1 Å². The third kappa shape index (κ3) is 2.13. The number of ether oxygens (including phenoxy) is 1. The number of benzene rings is 1. The van der Waals surface area contributed by atoms with Gasteiger partial charge >= 0.3 is 0 Å². The first-order valence-electron chi connectivity index (χ1n) is 5.58. The van der Waals surface area contributed by atoms with Gasteiger partial charge in [0.15, 0.2) is 0 Å². The number of nitrogens with zero attached hydrogens (tertiary/aromatic N) is 1. The largest absolute Gasteiger partial charge is 0.495 e. The number of anilines is 1. The molecule has 4 nitrogen and oxygen atoms in total. The van der Waals surface area contributed by atoms with Gasteiger partial charge in [0.25, 0.3) is 0 Å². The summed E-state index contributed by atoms with van der Waals surface area (Å²) >= 11 is 0. The highest BCUT2D eigenvalue weighted by atomic mass is 16.5. The first kappa shape index (κ1) is 11.2. The maximum absolute atomic E-state index is 10.2. The molecular weight excluding hydrogens is 204 g/mol. The van der Waals surface area contributed by atoms with Gasteiger partial charge in [-0.25, -0.2) is 0 Å². The maximum atomic E-state index is 10.2. The molecule has 0 amide bonds. The van der Waals surface area contributed by atoms with Crippen LogP contribution in [0, 0.1) is 0 Å². The minimum absolute atomic E-state index is 0.544. The van der Waals surface area contributed by atoms with Crippen LogP contribution in [-0.2, 0) is 0 Å². The van der Waals surface area contributed by atoms with E-state index in [1.807, 2.05) is 6.07 Å². The number of nitrogens with two attached hydrogens (primary N) is 1. The Hall–Kier alpha value is -1.26. The van der Waals surface area contributed by atoms with E-state index in [2.05, 4.69) is 4.90 Å². The molecule has 1 heterocycles. The highest BCUT2D eigenvalue weighted by molar-refractivity contribution is 5.54. The molecule has 1 unspecified atom stereocenters. The lowest BCUT2D eigenvalue weighted by Gasteiger charge is -2.23. The van der Waals surface area contributed by atoms with Crippen LogP contribution < -0.4 is 10.5 Å². The molecular formula is C12H18N2O2. The molecule has 1 aromatic rings. The van der Waals surface area contributed by atoms with Gasteiger partial charge in [-0.3, -0.25) is 4.90 Å². The van der Waals surface area contributed by atoms with Gasteiger partial charge in [0.2, 0.25) is 0 Å². The molecule has 88 valence electrons. The van der Waals surface area contributed by atoms with Crippen molar-refractivity contribution in [3.05, 3.63) is 23.8 Å². The van der Waals surface area contributed by atoms with E-state index in [9.17, 15) is 5.11 Å². The standard InChI is InChI=1S/C12H18N2O2/c1-16-11-8-9(4-5-10(11)13)12(15)14-6-2-3-7-14/h4-5,8,12,15H,2-3,6-7,13H2,1H3. The van der Waals surface area contributed by atoms with E-state index in [1.165, 1.54) is 0 Å². The molecule has 1 fully saturated rings. The van der Waals surface area contributed by atoms with Gasteiger partial charge in [-0.1, -0.05) is 6.07 Å². The second-order valence-corrected chi connectivity index (χ2v) is 4.12. The van der Waals surface area contributed by atoms with Crippen molar-refractivity contribution in [1.29, 1.82) is 0 Å². The number of rotatable bonds is 3. The van der Waals surface area contributed by atoms with Gasteiger partial charge < -0.3 is 15.6 Å². The van der Waals surface area contributed by atoms with E-state index < -0.39 is 6.23 Å². The van der Waals surface area contributed by atoms with E-state index >= 15 is 0 Å². The molecule has 1 aliphatic rings. The SMILES string of the molecule is COc1cc(C(O)N2CCCC2)ccc1N. The average molecular weight is 222 g/mol. The van der Waals surface area contributed by atoms with Crippen LogP contribution in [0.25, 0.3) is 0 Å². The van der Waals surface area contributed by atoms with Crippen molar-refractivity contribution in [3.63, 3.8) is 0 Å². The van der Waals surface area contributed by atoms with E-state index in [0.29, 0.717) is 11.4 Å². The summed E-state index contributed by atoms with van der Waals surface area (Å²) < 4.78 is 5.14. The van der Waals surface area contributed by atoms with E-state index in [4.69, 9.17) is 10.5 Å². The van der Waals surface area contributed by atoms with Crippen LogP contribution in [0.15, 0.2) is 18.2 Å². The molecule has 0 bridgehead atoms. The fourth-order valence-corrected chi connectivity index (χ4v) is 2.09. The van der Waals surface area contributed by atoms with Crippen LogP contribution in [0.3, 0.4) is 0 Å². The Bertz CT molecular complexity index is 362. The topological polar surface area (TPSA) is 58.7 Å². The fraction of sp³-hybridized carbons (Fsp3) is 0.500. The lowest BCUT2D eigenvalue weighted by molar-refractivity contribution is 0.0189. The van der Waals surface area contributed by atoms with Crippen LogP contribution in [0.2, 0.25) is 0 Å². The number of likely N-dealkylation sites (tertiary alicyclic amines) is 1. The van der Waals surface area contributed by atoms with Gasteiger partial charge in [-0.15, -0.1) is 0 Å². The van der Waals surface area contributed by atoms with Crippen LogP contribution in [0.1, 0.15) is 24.6 Å². The van der Waals surface area contributed by atoms with Gasteiger partial charge in [0.1, 0.15) is 12.0 Å². The normalized spacial score (nSPS) is 18.6. The summed E-state index contributed by atoms with van der Waals surface area (Å²) in [5.41, 5.74) is 7.17. The number of nitrogen functional groups attached to an aromatic ring is 1. The molecule has 1 aromatic carbocycles. The highest BCUT2D eigenvalue weighted by Gasteiger charge is 2.21. The minimum atomic E-state index is -0.544. The van der Waals surface area contributed by atoms with Crippen LogP contribution in [-0.4, -0.2) is 30.2 Å². The van der Waals surface area contributed by atoms with E-state index in [0.717, 1.165) is 31.5 Å². The zero-order valence-corrected chi connectivity index (χ0v) is 9.52. The molecule has 2 rings (SSSR count). The second-order valence-electron chi connectivity index (χ2n) is 4.12. The lowest BCUT2D eigenvalue weighted by Crippen LogP contribution is -2.25. The Morgan fingerprint density at radius 1 is 1.38 bits per heavy atom. The van der Waals surface area contributed by atoms with Crippen molar-refractivity contribution >= 4 is 5.69 Å². The molecule has 0 aromatic heterocycles. The fourth-order valence-electron chi connectivity index (χ4n) is 2.09. The minimum Gasteiger partial charge on any atom is -0.495 e. The quantitative estimate of drug-likeness (QED) is 0.758. The molecule has 4 heteroatoms. The predicted molar refractivity (Wildman–Crippen MR) is 63.2 cm³/mol. The van der Waals surface area contributed by atoms with E-state index in [-0.39, 0.29) is 0 Å². The smallest absolute Gasteiger partial charge is 0.142 e. The Morgan fingerprint density at radius 2 is 2.06 bits per heavy atom. The number of aliphatic hydroxyl groups is 1. The molecule has 0 radical (unpaired) electrons. The van der Waals surface area contributed by atoms with Crippen LogP contribution in [0.5, 0.6) is 5.75 Å². The van der Waals surface area contributed by atoms with Gasteiger partial charge in [0.05, 0.1) is 12.8 Å². The summed E-state index contributed by atoms with van der Waals surface area (Å²) in [7, 11) is 1.58. The Labute approximate surface area is 95.6 Å². The first-order chi connectivity index (χ1) is 7.72. The Kier molecular flexibility index (Phi) is 3.31. The van der Waals surface area contributed by atoms with Crippen LogP contribution in [0.4, 0.5) is 5.69 Å². The Balaban J connectivity index is 2.19. The molecule has 1 atom stereocenters.